The van der Waals surface area contributed by atoms with Gasteiger partial charge in [0.05, 0.1) is 5.69 Å². The molecule has 1 aromatic heterocycles. The lowest BCUT2D eigenvalue weighted by molar-refractivity contribution is -0.190. The van der Waals surface area contributed by atoms with Gasteiger partial charge in [-0.15, -0.1) is 0 Å². The number of ether oxygens (including phenoxy) is 2. The second-order valence-corrected chi connectivity index (χ2v) is 5.06. The summed E-state index contributed by atoms with van der Waals surface area (Å²) < 4.78 is 47.3. The van der Waals surface area contributed by atoms with Crippen molar-refractivity contribution < 1.29 is 22.6 Å². The second kappa shape index (κ2) is 5.14. The quantitative estimate of drug-likeness (QED) is 0.922. The number of nitrogens with two attached hydrogens (primary N) is 1. The number of halogens is 3. The van der Waals surface area contributed by atoms with Crippen molar-refractivity contribution in [2.24, 2.45) is 0 Å². The number of hydrogen-bond donors (Lipinski definition) is 1. The normalized spacial score (nSPS) is 14.1. The van der Waals surface area contributed by atoms with Crippen LogP contribution in [0.15, 0.2) is 12.1 Å². The van der Waals surface area contributed by atoms with Crippen LogP contribution >= 0.6 is 0 Å². The molecule has 0 aliphatic rings. The van der Waals surface area contributed by atoms with E-state index in [0.717, 1.165) is 6.92 Å². The van der Waals surface area contributed by atoms with Crippen molar-refractivity contribution in [3.05, 3.63) is 12.1 Å². The van der Waals surface area contributed by atoms with Crippen LogP contribution in [0.1, 0.15) is 27.7 Å². The van der Waals surface area contributed by atoms with Gasteiger partial charge in [0, 0.05) is 6.07 Å². The van der Waals surface area contributed by atoms with E-state index in [-0.39, 0.29) is 17.4 Å². The molecule has 4 nitrogen and oxygen atoms in total. The molecule has 7 heteroatoms. The van der Waals surface area contributed by atoms with Crippen LogP contribution in [0.2, 0.25) is 0 Å². The summed E-state index contributed by atoms with van der Waals surface area (Å²) in [5.41, 5.74) is 5.33. The minimum absolute atomic E-state index is 0.0550. The molecule has 2 N–H and O–H groups in total. The Bertz CT molecular complexity index is 442. The molecule has 19 heavy (non-hydrogen) atoms. The summed E-state index contributed by atoms with van der Waals surface area (Å²) in [7, 11) is 0. The first-order valence-electron chi connectivity index (χ1n) is 5.68. The van der Waals surface area contributed by atoms with Crippen LogP contribution in [0.3, 0.4) is 0 Å². The number of hydrogen-bond acceptors (Lipinski definition) is 4. The highest BCUT2D eigenvalue weighted by molar-refractivity contribution is 5.49. The van der Waals surface area contributed by atoms with Crippen LogP contribution in [-0.4, -0.2) is 22.9 Å². The fourth-order valence-corrected chi connectivity index (χ4v) is 1.12. The molecule has 108 valence electrons. The standard InChI is InChI=1S/C12H17F3N2O2/c1-7(12(13,14)15)18-9-6-5-8(16)10(17-9)19-11(2,3)4/h5-7H,16H2,1-4H3. The topological polar surface area (TPSA) is 57.4 Å². The summed E-state index contributed by atoms with van der Waals surface area (Å²) >= 11 is 0. The Balaban J connectivity index is 2.91. The summed E-state index contributed by atoms with van der Waals surface area (Å²) in [5.74, 6) is -0.127. The number of aromatic nitrogens is 1. The van der Waals surface area contributed by atoms with E-state index in [1.165, 1.54) is 12.1 Å². The fourth-order valence-electron chi connectivity index (χ4n) is 1.12. The van der Waals surface area contributed by atoms with Crippen LogP contribution < -0.4 is 15.2 Å². The smallest absolute Gasteiger partial charge is 0.425 e. The largest absolute Gasteiger partial charge is 0.470 e. The molecule has 0 spiro atoms. The molecule has 0 aromatic carbocycles. The first-order valence-corrected chi connectivity index (χ1v) is 5.68. The zero-order valence-corrected chi connectivity index (χ0v) is 11.2. The molecular formula is C12H17F3N2O2. The maximum atomic E-state index is 12.4. The Hall–Kier alpha value is -1.66. The van der Waals surface area contributed by atoms with Gasteiger partial charge in [-0.1, -0.05) is 0 Å². The molecule has 0 amide bonds. The third kappa shape index (κ3) is 4.84. The number of pyridine rings is 1. The number of nitrogens with zero attached hydrogens (tertiary/aromatic N) is 1. The summed E-state index contributed by atoms with van der Waals surface area (Å²) in [4.78, 5) is 3.84. The van der Waals surface area contributed by atoms with Crippen LogP contribution in [0.4, 0.5) is 18.9 Å². The van der Waals surface area contributed by atoms with Crippen molar-refractivity contribution in [1.82, 2.24) is 4.98 Å². The molecule has 1 heterocycles. The first kappa shape index (κ1) is 15.4. The van der Waals surface area contributed by atoms with Crippen molar-refractivity contribution in [3.63, 3.8) is 0 Å². The average Bonchev–Trinajstić information content (AvgIpc) is 2.19. The predicted molar refractivity (Wildman–Crippen MR) is 65.2 cm³/mol. The van der Waals surface area contributed by atoms with E-state index in [1.54, 1.807) is 20.8 Å². The molecule has 0 aliphatic heterocycles. The summed E-state index contributed by atoms with van der Waals surface area (Å²) in [6.07, 6.45) is -6.40. The zero-order chi connectivity index (χ0) is 14.8. The molecule has 0 aliphatic carbocycles. The van der Waals surface area contributed by atoms with E-state index in [9.17, 15) is 13.2 Å². The van der Waals surface area contributed by atoms with E-state index in [0.29, 0.717) is 0 Å². The molecule has 1 atom stereocenters. The minimum Gasteiger partial charge on any atom is -0.470 e. The highest BCUT2D eigenvalue weighted by Crippen LogP contribution is 2.28. The van der Waals surface area contributed by atoms with E-state index >= 15 is 0 Å². The molecule has 1 unspecified atom stereocenters. The van der Waals surface area contributed by atoms with Crippen molar-refractivity contribution in [3.8, 4) is 11.8 Å². The first-order chi connectivity index (χ1) is 8.49. The monoisotopic (exact) mass is 278 g/mol. The fraction of sp³-hybridized carbons (Fsp3) is 0.583. The number of rotatable bonds is 3. The molecule has 0 radical (unpaired) electrons. The predicted octanol–water partition coefficient (Wildman–Crippen LogP) is 3.17. The van der Waals surface area contributed by atoms with Crippen molar-refractivity contribution in [2.75, 3.05) is 5.73 Å². The van der Waals surface area contributed by atoms with E-state index in [1.807, 2.05) is 0 Å². The Morgan fingerprint density at radius 3 is 2.26 bits per heavy atom. The Kier molecular flexibility index (Phi) is 4.17. The number of alkyl halides is 3. The van der Waals surface area contributed by atoms with Gasteiger partial charge < -0.3 is 15.2 Å². The molecule has 0 fully saturated rings. The van der Waals surface area contributed by atoms with Gasteiger partial charge in [-0.3, -0.25) is 0 Å². The lowest BCUT2D eigenvalue weighted by Gasteiger charge is -2.22. The Morgan fingerprint density at radius 2 is 1.79 bits per heavy atom. The van der Waals surface area contributed by atoms with Crippen molar-refractivity contribution >= 4 is 5.69 Å². The molecule has 0 bridgehead atoms. The van der Waals surface area contributed by atoms with Gasteiger partial charge in [-0.2, -0.15) is 18.2 Å². The van der Waals surface area contributed by atoms with Gasteiger partial charge in [-0.05, 0) is 33.8 Å². The summed E-state index contributed by atoms with van der Waals surface area (Å²) in [6.45, 7) is 6.24. The number of anilines is 1. The SMILES string of the molecule is CC(Oc1ccc(N)c(OC(C)(C)C)n1)C(F)(F)F. The van der Waals surface area contributed by atoms with Crippen LogP contribution in [-0.2, 0) is 0 Å². The zero-order valence-electron chi connectivity index (χ0n) is 11.2. The Labute approximate surface area is 109 Å². The van der Waals surface area contributed by atoms with E-state index in [2.05, 4.69) is 4.98 Å². The van der Waals surface area contributed by atoms with Crippen molar-refractivity contribution in [2.45, 2.75) is 45.6 Å². The van der Waals surface area contributed by atoms with Crippen molar-refractivity contribution in [1.29, 1.82) is 0 Å². The van der Waals surface area contributed by atoms with Gasteiger partial charge in [0.2, 0.25) is 11.8 Å². The van der Waals surface area contributed by atoms with E-state index < -0.39 is 17.9 Å². The second-order valence-electron chi connectivity index (χ2n) is 5.06. The average molecular weight is 278 g/mol. The van der Waals surface area contributed by atoms with Crippen LogP contribution in [0.5, 0.6) is 11.8 Å². The Morgan fingerprint density at radius 1 is 1.21 bits per heavy atom. The maximum Gasteiger partial charge on any atom is 0.425 e. The van der Waals surface area contributed by atoms with Gasteiger partial charge in [0.25, 0.3) is 0 Å². The summed E-state index contributed by atoms with van der Waals surface area (Å²) in [5, 5.41) is 0. The lowest BCUT2D eigenvalue weighted by Crippen LogP contribution is -2.31. The molecule has 0 saturated carbocycles. The maximum absolute atomic E-state index is 12.4. The highest BCUT2D eigenvalue weighted by Gasteiger charge is 2.38. The van der Waals surface area contributed by atoms with E-state index in [4.69, 9.17) is 15.2 Å². The minimum atomic E-state index is -4.45. The molecule has 1 rings (SSSR count). The molecule has 1 aromatic rings. The lowest BCUT2D eigenvalue weighted by atomic mass is 10.2. The molecule has 0 saturated heterocycles. The summed E-state index contributed by atoms with van der Waals surface area (Å²) in [6, 6.07) is 2.67. The van der Waals surface area contributed by atoms with Gasteiger partial charge in [0.1, 0.15) is 5.60 Å². The third-order valence-electron chi connectivity index (χ3n) is 2.03. The molecular weight excluding hydrogens is 261 g/mol. The third-order valence-corrected chi connectivity index (χ3v) is 2.03. The van der Waals surface area contributed by atoms with Gasteiger partial charge in [-0.25, -0.2) is 0 Å². The van der Waals surface area contributed by atoms with Crippen LogP contribution in [0.25, 0.3) is 0 Å². The van der Waals surface area contributed by atoms with Gasteiger partial charge in [0.15, 0.2) is 6.10 Å². The highest BCUT2D eigenvalue weighted by atomic mass is 19.4. The number of nitrogen functional groups attached to an aromatic ring is 1. The van der Waals surface area contributed by atoms with Crippen LogP contribution in [0, 0.1) is 0 Å². The van der Waals surface area contributed by atoms with Gasteiger partial charge >= 0.3 is 6.18 Å².